The highest BCUT2D eigenvalue weighted by molar-refractivity contribution is 5.95. The van der Waals surface area contributed by atoms with E-state index in [0.29, 0.717) is 45.2 Å². The molecule has 0 radical (unpaired) electrons. The molecule has 13 nitrogen and oxygen atoms in total. The molecule has 0 aliphatic heterocycles. The van der Waals surface area contributed by atoms with Crippen LogP contribution >= 0.6 is 0 Å². The maximum Gasteiger partial charge on any atom is 0.326 e. The topological polar surface area (TPSA) is 232 Å². The summed E-state index contributed by atoms with van der Waals surface area (Å²) in [6.07, 6.45) is 3.20. The van der Waals surface area contributed by atoms with Gasteiger partial charge in [0.2, 0.25) is 23.6 Å². The Hall–Kier alpha value is -2.77. The fourth-order valence-electron chi connectivity index (χ4n) is 3.47. The molecule has 5 atom stereocenters. The van der Waals surface area contributed by atoms with Gasteiger partial charge < -0.3 is 43.6 Å². The molecule has 214 valence electrons. The van der Waals surface area contributed by atoms with Gasteiger partial charge in [-0.2, -0.15) is 0 Å². The molecule has 11 N–H and O–H groups in total. The highest BCUT2D eigenvalue weighted by Crippen LogP contribution is 2.08. The van der Waals surface area contributed by atoms with Crippen LogP contribution in [0.1, 0.15) is 72.6 Å². The van der Waals surface area contributed by atoms with Crippen molar-refractivity contribution < 1.29 is 29.1 Å². The van der Waals surface area contributed by atoms with Crippen LogP contribution in [-0.2, 0) is 24.0 Å². The number of carboxylic acids is 1. The van der Waals surface area contributed by atoms with E-state index in [-0.39, 0.29) is 18.8 Å². The molecule has 0 aromatic carbocycles. The summed E-state index contributed by atoms with van der Waals surface area (Å²) < 4.78 is 0. The van der Waals surface area contributed by atoms with Crippen molar-refractivity contribution in [2.75, 3.05) is 13.1 Å². The Balaban J connectivity index is 5.35. The molecule has 4 amide bonds. The number of carbonyl (C=O) groups excluding carboxylic acids is 4. The zero-order chi connectivity index (χ0) is 28.5. The Morgan fingerprint density at radius 3 is 1.57 bits per heavy atom. The number of carboxylic acid groups (broad SMARTS) is 1. The number of nitrogens with two attached hydrogens (primary N) is 3. The third kappa shape index (κ3) is 14.5. The molecule has 0 heterocycles. The number of hydrogen-bond donors (Lipinski definition) is 8. The average Bonchev–Trinajstić information content (AvgIpc) is 2.81. The van der Waals surface area contributed by atoms with E-state index in [1.54, 1.807) is 0 Å². The van der Waals surface area contributed by atoms with E-state index in [1.807, 2.05) is 13.8 Å². The van der Waals surface area contributed by atoms with Crippen molar-refractivity contribution in [1.29, 1.82) is 0 Å². The maximum atomic E-state index is 13.0. The zero-order valence-electron chi connectivity index (χ0n) is 22.5. The average molecular weight is 530 g/mol. The van der Waals surface area contributed by atoms with Crippen molar-refractivity contribution in [3.05, 3.63) is 0 Å². The second kappa shape index (κ2) is 18.5. The fourth-order valence-corrected chi connectivity index (χ4v) is 3.47. The summed E-state index contributed by atoms with van der Waals surface area (Å²) in [5.41, 5.74) is 16.6. The molecule has 0 saturated carbocycles. The highest BCUT2D eigenvalue weighted by Gasteiger charge is 2.30. The van der Waals surface area contributed by atoms with E-state index in [0.717, 1.165) is 0 Å². The monoisotopic (exact) mass is 529 g/mol. The number of aliphatic carboxylic acids is 1. The second-order valence-corrected chi connectivity index (χ2v) is 9.74. The van der Waals surface area contributed by atoms with E-state index >= 15 is 0 Å². The summed E-state index contributed by atoms with van der Waals surface area (Å²) in [5.74, 6) is -3.46. The first-order valence-electron chi connectivity index (χ1n) is 12.9. The zero-order valence-corrected chi connectivity index (χ0v) is 22.5. The Labute approximate surface area is 219 Å². The first kappa shape index (κ1) is 34.2. The van der Waals surface area contributed by atoms with Gasteiger partial charge in [0.25, 0.3) is 0 Å². The largest absolute Gasteiger partial charge is 0.480 e. The number of carbonyl (C=O) groups is 5. The van der Waals surface area contributed by atoms with E-state index in [9.17, 15) is 29.1 Å². The Morgan fingerprint density at radius 1 is 0.649 bits per heavy atom. The molecule has 0 aromatic heterocycles. The van der Waals surface area contributed by atoms with Crippen LogP contribution in [0.5, 0.6) is 0 Å². The normalized spacial score (nSPS) is 15.1. The van der Waals surface area contributed by atoms with Crippen LogP contribution in [-0.4, -0.2) is 78.0 Å². The Bertz CT molecular complexity index is 747. The van der Waals surface area contributed by atoms with Crippen LogP contribution in [0, 0.1) is 5.92 Å². The molecule has 0 unspecified atom stereocenters. The number of nitrogens with one attached hydrogen (secondary N) is 4. The highest BCUT2D eigenvalue weighted by atomic mass is 16.4. The predicted octanol–water partition coefficient (Wildman–Crippen LogP) is -1.32. The summed E-state index contributed by atoms with van der Waals surface area (Å²) in [5, 5.41) is 19.6. The maximum absolute atomic E-state index is 13.0. The smallest absolute Gasteiger partial charge is 0.326 e. The standard InChI is InChI=1S/C24H47N7O6/c1-14(2)13-19(31-22(34)17(9-5-7-11-25)29-20(32)15(3)27)23(35)28-16(4)21(33)30-18(24(36)37)10-6-8-12-26/h14-19H,5-13,25-27H2,1-4H3,(H,28,35)(H,29,32)(H,30,33)(H,31,34)(H,36,37)/t15-,16-,17-,18-,19-/m0/s1. The first-order chi connectivity index (χ1) is 17.3. The van der Waals surface area contributed by atoms with E-state index in [1.165, 1.54) is 13.8 Å². The quantitative estimate of drug-likeness (QED) is 0.0926. The summed E-state index contributed by atoms with van der Waals surface area (Å²) in [6, 6.07) is -4.85. The molecule has 0 aliphatic rings. The van der Waals surface area contributed by atoms with Crippen LogP contribution in [0.3, 0.4) is 0 Å². The molecular formula is C24H47N7O6. The SMILES string of the molecule is CC(C)C[C@H](NC(=O)[C@H](CCCCN)NC(=O)[C@H](C)N)C(=O)N[C@@H](C)C(=O)N[C@@H](CCCCN)C(=O)O. The van der Waals surface area contributed by atoms with E-state index in [2.05, 4.69) is 21.3 Å². The molecule has 0 aliphatic carbocycles. The van der Waals surface area contributed by atoms with E-state index in [4.69, 9.17) is 17.2 Å². The van der Waals surface area contributed by atoms with Crippen LogP contribution < -0.4 is 38.5 Å². The third-order valence-corrected chi connectivity index (χ3v) is 5.65. The van der Waals surface area contributed by atoms with Gasteiger partial charge in [0, 0.05) is 0 Å². The third-order valence-electron chi connectivity index (χ3n) is 5.65. The van der Waals surface area contributed by atoms with Gasteiger partial charge >= 0.3 is 5.97 Å². The molecule has 0 aromatic rings. The minimum absolute atomic E-state index is 0.0217. The number of unbranched alkanes of at least 4 members (excludes halogenated alkanes) is 2. The number of amides is 4. The lowest BCUT2D eigenvalue weighted by Crippen LogP contribution is -2.58. The van der Waals surface area contributed by atoms with Gasteiger partial charge in [-0.1, -0.05) is 13.8 Å². The molecule has 0 rings (SSSR count). The van der Waals surface area contributed by atoms with Crippen LogP contribution in [0.2, 0.25) is 0 Å². The molecule has 37 heavy (non-hydrogen) atoms. The lowest BCUT2D eigenvalue weighted by molar-refractivity contribution is -0.142. The molecular weight excluding hydrogens is 482 g/mol. The minimum Gasteiger partial charge on any atom is -0.480 e. The van der Waals surface area contributed by atoms with Gasteiger partial charge in [-0.25, -0.2) is 4.79 Å². The molecule has 0 fully saturated rings. The van der Waals surface area contributed by atoms with Crippen LogP contribution in [0.25, 0.3) is 0 Å². The summed E-state index contributed by atoms with van der Waals surface area (Å²) in [7, 11) is 0. The lowest BCUT2D eigenvalue weighted by Gasteiger charge is -2.26. The van der Waals surface area contributed by atoms with Crippen molar-refractivity contribution in [1.82, 2.24) is 21.3 Å². The number of hydrogen-bond acceptors (Lipinski definition) is 8. The van der Waals surface area contributed by atoms with Crippen molar-refractivity contribution in [3.63, 3.8) is 0 Å². The van der Waals surface area contributed by atoms with Gasteiger partial charge in [0.15, 0.2) is 0 Å². The minimum atomic E-state index is -1.18. The summed E-state index contributed by atoms with van der Waals surface area (Å²) in [6.45, 7) is 7.52. The first-order valence-corrected chi connectivity index (χ1v) is 12.9. The van der Waals surface area contributed by atoms with Crippen molar-refractivity contribution in [3.8, 4) is 0 Å². The van der Waals surface area contributed by atoms with Gasteiger partial charge in [-0.05, 0) is 77.8 Å². The summed E-state index contributed by atoms with van der Waals surface area (Å²) in [4.78, 5) is 62.2. The molecule has 13 heteroatoms. The van der Waals surface area contributed by atoms with Crippen molar-refractivity contribution in [2.45, 2.75) is 103 Å². The van der Waals surface area contributed by atoms with Gasteiger partial charge in [-0.3, -0.25) is 19.2 Å². The van der Waals surface area contributed by atoms with Gasteiger partial charge in [-0.15, -0.1) is 0 Å². The van der Waals surface area contributed by atoms with E-state index < -0.39 is 59.8 Å². The van der Waals surface area contributed by atoms with Crippen LogP contribution in [0.15, 0.2) is 0 Å². The molecule has 0 saturated heterocycles. The molecule has 0 bridgehead atoms. The van der Waals surface area contributed by atoms with Gasteiger partial charge in [0.1, 0.15) is 24.2 Å². The Kier molecular flexibility index (Phi) is 17.1. The van der Waals surface area contributed by atoms with Crippen molar-refractivity contribution >= 4 is 29.6 Å². The van der Waals surface area contributed by atoms with Gasteiger partial charge in [0.05, 0.1) is 6.04 Å². The Morgan fingerprint density at radius 2 is 1.11 bits per heavy atom. The second-order valence-electron chi connectivity index (χ2n) is 9.74. The van der Waals surface area contributed by atoms with Crippen molar-refractivity contribution in [2.24, 2.45) is 23.1 Å². The van der Waals surface area contributed by atoms with Crippen LogP contribution in [0.4, 0.5) is 0 Å². The predicted molar refractivity (Wildman–Crippen MR) is 140 cm³/mol. The fraction of sp³-hybridized carbons (Fsp3) is 0.792. The molecule has 0 spiro atoms. The lowest BCUT2D eigenvalue weighted by atomic mass is 10.0. The summed E-state index contributed by atoms with van der Waals surface area (Å²) >= 11 is 0. The number of rotatable bonds is 19.